The van der Waals surface area contributed by atoms with Crippen LogP contribution in [0, 0.1) is 0 Å². The quantitative estimate of drug-likeness (QED) is 0.581. The summed E-state index contributed by atoms with van der Waals surface area (Å²) in [6, 6.07) is -0.0930. The second-order valence-electron chi connectivity index (χ2n) is 3.64. The minimum absolute atomic E-state index is 0.0162. The van der Waals surface area contributed by atoms with Crippen LogP contribution in [-0.4, -0.2) is 64.0 Å². The van der Waals surface area contributed by atoms with Crippen molar-refractivity contribution in [2.75, 3.05) is 41.0 Å². The van der Waals surface area contributed by atoms with Crippen LogP contribution in [0.1, 0.15) is 6.42 Å². The first-order valence-electron chi connectivity index (χ1n) is 5.06. The zero-order chi connectivity index (χ0) is 11.3. The fourth-order valence-electron chi connectivity index (χ4n) is 1.70. The highest BCUT2D eigenvalue weighted by atomic mass is 16.5. The van der Waals surface area contributed by atoms with Gasteiger partial charge in [0.05, 0.1) is 19.8 Å². The molecule has 0 N–H and O–H groups in total. The molecule has 1 heterocycles. The van der Waals surface area contributed by atoms with E-state index in [0.717, 1.165) is 13.0 Å². The third-order valence-corrected chi connectivity index (χ3v) is 2.73. The van der Waals surface area contributed by atoms with Gasteiger partial charge in [-0.25, -0.2) is 0 Å². The maximum atomic E-state index is 11.3. The fraction of sp³-hybridized carbons (Fsp3) is 0.900. The van der Waals surface area contributed by atoms with Gasteiger partial charge >= 0.3 is 5.97 Å². The van der Waals surface area contributed by atoms with E-state index in [1.54, 1.807) is 14.2 Å². The van der Waals surface area contributed by atoms with Crippen LogP contribution in [0.15, 0.2) is 0 Å². The molecule has 0 amide bonds. The van der Waals surface area contributed by atoms with Crippen LogP contribution >= 0.6 is 0 Å². The van der Waals surface area contributed by atoms with Gasteiger partial charge in [0.2, 0.25) is 0 Å². The maximum absolute atomic E-state index is 11.3. The van der Waals surface area contributed by atoms with E-state index < -0.39 is 0 Å². The smallest absolute Gasteiger partial charge is 0.323 e. The third-order valence-electron chi connectivity index (χ3n) is 2.73. The van der Waals surface area contributed by atoms with Crippen molar-refractivity contribution in [3.05, 3.63) is 0 Å². The summed E-state index contributed by atoms with van der Waals surface area (Å²) in [5.41, 5.74) is 0. The number of ether oxygens (including phenoxy) is 3. The van der Waals surface area contributed by atoms with Gasteiger partial charge in [0.1, 0.15) is 6.04 Å². The van der Waals surface area contributed by atoms with E-state index in [2.05, 4.69) is 4.90 Å². The normalized spacial score (nSPS) is 23.3. The first-order chi connectivity index (χ1) is 7.22. The van der Waals surface area contributed by atoms with E-state index in [1.807, 2.05) is 0 Å². The molecule has 0 spiro atoms. The number of likely N-dealkylation sites (tertiary alicyclic amines) is 1. The summed E-state index contributed by atoms with van der Waals surface area (Å²) in [4.78, 5) is 13.4. The summed E-state index contributed by atoms with van der Waals surface area (Å²) in [6.45, 7) is 2.17. The van der Waals surface area contributed by atoms with E-state index >= 15 is 0 Å². The summed E-state index contributed by atoms with van der Waals surface area (Å²) in [6.07, 6.45) is 0.887. The lowest BCUT2D eigenvalue weighted by Gasteiger charge is -2.40. The number of carbonyl (C=O) groups excluding carboxylic acids is 1. The highest BCUT2D eigenvalue weighted by molar-refractivity contribution is 5.76. The van der Waals surface area contributed by atoms with Crippen molar-refractivity contribution >= 4 is 5.97 Å². The molecule has 0 bridgehead atoms. The Balaban J connectivity index is 2.34. The largest absolute Gasteiger partial charge is 0.468 e. The average molecular weight is 217 g/mol. The molecule has 5 nitrogen and oxygen atoms in total. The molecule has 15 heavy (non-hydrogen) atoms. The molecule has 1 saturated heterocycles. The minimum Gasteiger partial charge on any atom is -0.468 e. The van der Waals surface area contributed by atoms with E-state index in [-0.39, 0.29) is 18.1 Å². The number of nitrogens with zero attached hydrogens (tertiary/aromatic N) is 1. The van der Waals surface area contributed by atoms with Gasteiger partial charge in [0.25, 0.3) is 0 Å². The zero-order valence-corrected chi connectivity index (χ0v) is 9.56. The van der Waals surface area contributed by atoms with Crippen molar-refractivity contribution in [3.63, 3.8) is 0 Å². The van der Waals surface area contributed by atoms with Crippen LogP contribution in [0.4, 0.5) is 0 Å². The molecule has 1 aliphatic rings. The second kappa shape index (κ2) is 6.05. The summed E-state index contributed by atoms with van der Waals surface area (Å²) in [5.74, 6) is -0.159. The molecule has 1 fully saturated rings. The van der Waals surface area contributed by atoms with Crippen molar-refractivity contribution in [1.82, 2.24) is 4.90 Å². The van der Waals surface area contributed by atoms with E-state index in [0.29, 0.717) is 13.2 Å². The molecule has 0 aromatic rings. The lowest BCUT2D eigenvalue weighted by molar-refractivity contribution is -0.153. The molecule has 2 atom stereocenters. The molecule has 0 aromatic heterocycles. The van der Waals surface area contributed by atoms with Gasteiger partial charge in [0, 0.05) is 27.3 Å². The van der Waals surface area contributed by atoms with Crippen LogP contribution in [0.3, 0.4) is 0 Å². The number of methoxy groups -OCH3 is 3. The predicted octanol–water partition coefficient (Wildman–Crippen LogP) is -0.105. The van der Waals surface area contributed by atoms with Crippen LogP contribution in [0.2, 0.25) is 0 Å². The predicted molar refractivity (Wildman–Crippen MR) is 54.7 cm³/mol. The third kappa shape index (κ3) is 3.15. The van der Waals surface area contributed by atoms with Gasteiger partial charge in [-0.2, -0.15) is 0 Å². The molecule has 0 radical (unpaired) electrons. The Morgan fingerprint density at radius 2 is 2.20 bits per heavy atom. The molecule has 88 valence electrons. The summed E-state index contributed by atoms with van der Waals surface area (Å²) < 4.78 is 15.0. The van der Waals surface area contributed by atoms with Gasteiger partial charge in [-0.05, 0) is 6.42 Å². The maximum Gasteiger partial charge on any atom is 0.323 e. The molecule has 5 heteroatoms. The molecular formula is C10H19NO4. The lowest BCUT2D eigenvalue weighted by atomic mass is 10.0. The standard InChI is InChI=1S/C10H19NO4/c1-13-7-8(14-2)6-11-5-4-9(11)10(12)15-3/h8-9H,4-7H2,1-3H3. The Morgan fingerprint density at radius 3 is 2.60 bits per heavy atom. The molecule has 0 aromatic carbocycles. The Bertz CT molecular complexity index is 210. The van der Waals surface area contributed by atoms with Crippen molar-refractivity contribution in [2.45, 2.75) is 18.6 Å². The molecule has 2 unspecified atom stereocenters. The summed E-state index contributed by atoms with van der Waals surface area (Å²) in [7, 11) is 4.71. The van der Waals surface area contributed by atoms with Gasteiger partial charge < -0.3 is 14.2 Å². The lowest BCUT2D eigenvalue weighted by Crippen LogP contribution is -2.55. The Kier molecular flexibility index (Phi) is 5.01. The molecule has 1 rings (SSSR count). The van der Waals surface area contributed by atoms with Gasteiger partial charge in [-0.15, -0.1) is 0 Å². The minimum atomic E-state index is -0.159. The molecular weight excluding hydrogens is 198 g/mol. The molecule has 0 saturated carbocycles. The van der Waals surface area contributed by atoms with Gasteiger partial charge in [0.15, 0.2) is 0 Å². The Labute approximate surface area is 90.3 Å². The van der Waals surface area contributed by atoms with Crippen molar-refractivity contribution in [3.8, 4) is 0 Å². The number of esters is 1. The van der Waals surface area contributed by atoms with Crippen LogP contribution in [0.5, 0.6) is 0 Å². The highest BCUT2D eigenvalue weighted by Gasteiger charge is 2.36. The molecule has 1 aliphatic heterocycles. The van der Waals surface area contributed by atoms with Gasteiger partial charge in [-0.1, -0.05) is 0 Å². The fourth-order valence-corrected chi connectivity index (χ4v) is 1.70. The van der Waals surface area contributed by atoms with Crippen molar-refractivity contribution in [1.29, 1.82) is 0 Å². The SMILES string of the molecule is COCC(CN1CCC1C(=O)OC)OC. The average Bonchev–Trinajstić information content (AvgIpc) is 2.22. The van der Waals surface area contributed by atoms with Crippen molar-refractivity contribution < 1.29 is 19.0 Å². The monoisotopic (exact) mass is 217 g/mol. The highest BCUT2D eigenvalue weighted by Crippen LogP contribution is 2.19. The number of rotatable bonds is 6. The van der Waals surface area contributed by atoms with E-state index in [4.69, 9.17) is 14.2 Å². The van der Waals surface area contributed by atoms with E-state index in [9.17, 15) is 4.79 Å². The van der Waals surface area contributed by atoms with Crippen LogP contribution in [-0.2, 0) is 19.0 Å². The van der Waals surface area contributed by atoms with Gasteiger partial charge in [-0.3, -0.25) is 9.69 Å². The van der Waals surface area contributed by atoms with Crippen molar-refractivity contribution in [2.24, 2.45) is 0 Å². The number of hydrogen-bond acceptors (Lipinski definition) is 5. The first kappa shape index (κ1) is 12.4. The summed E-state index contributed by atoms with van der Waals surface area (Å²) in [5, 5.41) is 0. The van der Waals surface area contributed by atoms with E-state index in [1.165, 1.54) is 7.11 Å². The second-order valence-corrected chi connectivity index (χ2v) is 3.64. The Morgan fingerprint density at radius 1 is 1.47 bits per heavy atom. The summed E-state index contributed by atoms with van der Waals surface area (Å²) >= 11 is 0. The molecule has 0 aliphatic carbocycles. The zero-order valence-electron chi connectivity index (χ0n) is 9.56. The topological polar surface area (TPSA) is 48.0 Å². The van der Waals surface area contributed by atoms with Crippen LogP contribution < -0.4 is 0 Å². The number of hydrogen-bond donors (Lipinski definition) is 0. The number of carbonyl (C=O) groups is 1. The van der Waals surface area contributed by atoms with Crippen LogP contribution in [0.25, 0.3) is 0 Å². The Hall–Kier alpha value is -0.650. The first-order valence-corrected chi connectivity index (χ1v) is 5.06.